The van der Waals surface area contributed by atoms with Gasteiger partial charge in [0.25, 0.3) is 5.56 Å². The van der Waals surface area contributed by atoms with E-state index in [4.69, 9.17) is 5.11 Å². The van der Waals surface area contributed by atoms with Gasteiger partial charge in [-0.2, -0.15) is 0 Å². The first-order valence-corrected chi connectivity index (χ1v) is 10.2. The zero-order valence-corrected chi connectivity index (χ0v) is 17.1. The van der Waals surface area contributed by atoms with Gasteiger partial charge >= 0.3 is 5.97 Å². The van der Waals surface area contributed by atoms with Crippen molar-refractivity contribution in [3.8, 4) is 0 Å². The van der Waals surface area contributed by atoms with Crippen LogP contribution in [0, 0.1) is 6.92 Å². The number of pyridine rings is 1. The molecule has 0 spiro atoms. The Kier molecular flexibility index (Phi) is 5.39. The average Bonchev–Trinajstić information content (AvgIpc) is 2.75. The molecule has 0 atom stereocenters. The normalized spacial score (nSPS) is 14.8. The number of aromatic carboxylic acids is 1. The lowest BCUT2D eigenvalue weighted by atomic mass is 9.86. The molecule has 30 heavy (non-hydrogen) atoms. The van der Waals surface area contributed by atoms with Gasteiger partial charge in [0.2, 0.25) is 5.95 Å². The van der Waals surface area contributed by atoms with Gasteiger partial charge in [-0.3, -0.25) is 9.78 Å². The van der Waals surface area contributed by atoms with Gasteiger partial charge in [0.15, 0.2) is 0 Å². The number of carboxylic acid groups (broad SMARTS) is 1. The maximum Gasteiger partial charge on any atom is 0.354 e. The van der Waals surface area contributed by atoms with Crippen molar-refractivity contribution in [2.24, 2.45) is 0 Å². The fourth-order valence-corrected chi connectivity index (χ4v) is 4.14. The molecule has 2 aromatic heterocycles. The summed E-state index contributed by atoms with van der Waals surface area (Å²) in [6, 6.07) is 7.44. The number of carboxylic acids is 1. The number of nitrogens with one attached hydrogen (secondary N) is 2. The average molecular weight is 407 g/mol. The van der Waals surface area contributed by atoms with E-state index in [-0.39, 0.29) is 17.2 Å². The highest BCUT2D eigenvalue weighted by molar-refractivity contribution is 5.86. The maximum absolute atomic E-state index is 12.9. The number of hydrogen-bond acceptors (Lipinski definition) is 6. The number of aromatic nitrogens is 3. The van der Waals surface area contributed by atoms with Gasteiger partial charge in [0.1, 0.15) is 5.69 Å². The number of nitrogens with zero attached hydrogens (tertiary/aromatic N) is 3. The molecule has 1 saturated heterocycles. The van der Waals surface area contributed by atoms with Crippen LogP contribution in [0.4, 0.5) is 11.6 Å². The van der Waals surface area contributed by atoms with E-state index >= 15 is 0 Å². The second-order valence-corrected chi connectivity index (χ2v) is 7.61. The molecular formula is C22H25N5O3. The third-order valence-electron chi connectivity index (χ3n) is 5.71. The van der Waals surface area contributed by atoms with Crippen molar-refractivity contribution in [3.05, 3.63) is 57.6 Å². The molecule has 1 aliphatic rings. The van der Waals surface area contributed by atoms with E-state index in [9.17, 15) is 9.59 Å². The summed E-state index contributed by atoms with van der Waals surface area (Å²) in [5, 5.41) is 12.8. The monoisotopic (exact) mass is 407 g/mol. The number of H-pyrrole nitrogens is 1. The standard InChI is InChI=1S/C22H25N5O3/c1-3-23-22-25-19-13(2)4-6-16(18(19)20(28)26-22)14-8-10-27(11-9-14)15-5-7-17(21(29)30)24-12-15/h4-7,12,14H,3,8-11H2,1-2H3,(H,29,30)(H2,23,25,26,28). The molecule has 8 nitrogen and oxygen atoms in total. The number of aromatic amines is 1. The van der Waals surface area contributed by atoms with Crippen LogP contribution in [0.1, 0.15) is 47.3 Å². The minimum atomic E-state index is -1.03. The molecule has 1 aromatic carbocycles. The number of carbonyl (C=O) groups is 1. The van der Waals surface area contributed by atoms with Gasteiger partial charge in [-0.15, -0.1) is 0 Å². The number of benzene rings is 1. The second-order valence-electron chi connectivity index (χ2n) is 7.61. The Balaban J connectivity index is 1.58. The molecule has 0 radical (unpaired) electrons. The third kappa shape index (κ3) is 3.72. The summed E-state index contributed by atoms with van der Waals surface area (Å²) in [6.07, 6.45) is 3.41. The van der Waals surface area contributed by atoms with E-state index in [0.29, 0.717) is 17.9 Å². The Hall–Kier alpha value is -3.42. The first-order chi connectivity index (χ1) is 14.5. The van der Waals surface area contributed by atoms with Crippen LogP contribution in [0.2, 0.25) is 0 Å². The first-order valence-electron chi connectivity index (χ1n) is 10.2. The van der Waals surface area contributed by atoms with Gasteiger partial charge < -0.3 is 15.3 Å². The zero-order valence-electron chi connectivity index (χ0n) is 17.1. The smallest absolute Gasteiger partial charge is 0.354 e. The third-order valence-corrected chi connectivity index (χ3v) is 5.71. The number of piperidine rings is 1. The highest BCUT2D eigenvalue weighted by Crippen LogP contribution is 2.34. The van der Waals surface area contributed by atoms with Gasteiger partial charge in [-0.05, 0) is 55.9 Å². The molecule has 0 bridgehead atoms. The Morgan fingerprint density at radius 1 is 1.27 bits per heavy atom. The lowest BCUT2D eigenvalue weighted by molar-refractivity contribution is 0.0690. The van der Waals surface area contributed by atoms with Crippen molar-refractivity contribution in [1.29, 1.82) is 0 Å². The lowest BCUT2D eigenvalue weighted by Gasteiger charge is -2.34. The van der Waals surface area contributed by atoms with Crippen LogP contribution in [-0.2, 0) is 0 Å². The van der Waals surface area contributed by atoms with Crippen molar-refractivity contribution in [2.45, 2.75) is 32.6 Å². The molecule has 0 unspecified atom stereocenters. The number of anilines is 2. The Bertz CT molecular complexity index is 1130. The van der Waals surface area contributed by atoms with Gasteiger partial charge in [0, 0.05) is 19.6 Å². The molecule has 0 amide bonds. The molecule has 0 aliphatic carbocycles. The molecule has 3 aromatic rings. The quantitative estimate of drug-likeness (QED) is 0.596. The molecule has 8 heteroatoms. The van der Waals surface area contributed by atoms with Crippen LogP contribution >= 0.6 is 0 Å². The number of rotatable bonds is 5. The molecular weight excluding hydrogens is 382 g/mol. The fraction of sp³-hybridized carbons (Fsp3) is 0.364. The van der Waals surface area contributed by atoms with Crippen LogP contribution in [0.3, 0.4) is 0 Å². The van der Waals surface area contributed by atoms with E-state index in [2.05, 4.69) is 31.2 Å². The SMILES string of the molecule is CCNc1nc2c(C)ccc(C3CCN(c4ccc(C(=O)O)nc4)CC3)c2c(=O)[nH]1. The summed E-state index contributed by atoms with van der Waals surface area (Å²) in [7, 11) is 0. The van der Waals surface area contributed by atoms with Crippen molar-refractivity contribution >= 4 is 28.5 Å². The van der Waals surface area contributed by atoms with Gasteiger partial charge in [0.05, 0.1) is 22.8 Å². The van der Waals surface area contributed by atoms with Crippen LogP contribution in [-0.4, -0.2) is 45.7 Å². The van der Waals surface area contributed by atoms with E-state index < -0.39 is 5.97 Å². The second kappa shape index (κ2) is 8.14. The van der Waals surface area contributed by atoms with E-state index in [0.717, 1.165) is 48.3 Å². The van der Waals surface area contributed by atoms with Crippen LogP contribution in [0.15, 0.2) is 35.3 Å². The summed E-state index contributed by atoms with van der Waals surface area (Å²) in [4.78, 5) is 37.6. The minimum absolute atomic E-state index is 0.0448. The molecule has 156 valence electrons. The Morgan fingerprint density at radius 2 is 2.03 bits per heavy atom. The molecule has 3 N–H and O–H groups in total. The van der Waals surface area contributed by atoms with Gasteiger partial charge in [-0.1, -0.05) is 12.1 Å². The number of aryl methyl sites for hydroxylation is 1. The van der Waals surface area contributed by atoms with Gasteiger partial charge in [-0.25, -0.2) is 14.8 Å². The summed E-state index contributed by atoms with van der Waals surface area (Å²) >= 11 is 0. The molecule has 1 fully saturated rings. The van der Waals surface area contributed by atoms with E-state index in [1.54, 1.807) is 12.3 Å². The molecule has 0 saturated carbocycles. The summed E-state index contributed by atoms with van der Waals surface area (Å²) < 4.78 is 0. The Morgan fingerprint density at radius 3 is 2.67 bits per heavy atom. The minimum Gasteiger partial charge on any atom is -0.477 e. The summed E-state index contributed by atoms with van der Waals surface area (Å²) in [5.74, 6) is -0.256. The lowest BCUT2D eigenvalue weighted by Crippen LogP contribution is -2.33. The van der Waals surface area contributed by atoms with E-state index in [1.165, 1.54) is 6.07 Å². The first kappa shape index (κ1) is 19.9. The largest absolute Gasteiger partial charge is 0.477 e. The molecule has 3 heterocycles. The Labute approximate surface area is 174 Å². The predicted octanol–water partition coefficient (Wildman–Crippen LogP) is 3.14. The van der Waals surface area contributed by atoms with Crippen molar-refractivity contribution in [3.63, 3.8) is 0 Å². The van der Waals surface area contributed by atoms with Crippen molar-refractivity contribution < 1.29 is 9.90 Å². The van der Waals surface area contributed by atoms with Crippen LogP contribution in [0.25, 0.3) is 10.9 Å². The molecule has 1 aliphatic heterocycles. The summed E-state index contributed by atoms with van der Waals surface area (Å²) in [6.45, 7) is 6.26. The maximum atomic E-state index is 12.9. The number of fused-ring (bicyclic) bond motifs is 1. The highest BCUT2D eigenvalue weighted by Gasteiger charge is 2.24. The van der Waals surface area contributed by atoms with E-state index in [1.807, 2.05) is 19.9 Å². The predicted molar refractivity (Wildman–Crippen MR) is 117 cm³/mol. The summed E-state index contributed by atoms with van der Waals surface area (Å²) in [5.41, 5.74) is 3.64. The van der Waals surface area contributed by atoms with Crippen LogP contribution in [0.5, 0.6) is 0 Å². The van der Waals surface area contributed by atoms with Crippen LogP contribution < -0.4 is 15.8 Å². The number of hydrogen-bond donors (Lipinski definition) is 3. The molecule has 4 rings (SSSR count). The fourth-order valence-electron chi connectivity index (χ4n) is 4.14. The highest BCUT2D eigenvalue weighted by atomic mass is 16.4. The zero-order chi connectivity index (χ0) is 21.3. The topological polar surface area (TPSA) is 111 Å². The van der Waals surface area contributed by atoms with Crippen molar-refractivity contribution in [1.82, 2.24) is 15.0 Å². The van der Waals surface area contributed by atoms with Crippen molar-refractivity contribution in [2.75, 3.05) is 29.9 Å².